The molecule has 0 aliphatic rings. The summed E-state index contributed by atoms with van der Waals surface area (Å²) in [5.74, 6) is -0.229. The molecule has 0 saturated heterocycles. The van der Waals surface area contributed by atoms with Gasteiger partial charge in [0.15, 0.2) is 0 Å². The minimum Gasteiger partial charge on any atom is -0.378 e. The maximum absolute atomic E-state index is 12.4. The summed E-state index contributed by atoms with van der Waals surface area (Å²) < 4.78 is 28.8. The number of hydrogen-bond donors (Lipinski definition) is 1. The molecular formula is C21H32Cl2FIN4O4. The average Bonchev–Trinajstić information content (AvgIpc) is 2.78. The normalized spacial score (nSPS) is 10.7. The Hall–Kier alpha value is -0.890. The number of hydrogen-bond acceptors (Lipinski definition) is 7. The summed E-state index contributed by atoms with van der Waals surface area (Å²) in [4.78, 5) is 23.3. The highest BCUT2D eigenvalue weighted by Crippen LogP contribution is 2.13. The molecule has 1 N–H and O–H groups in total. The van der Waals surface area contributed by atoms with Gasteiger partial charge in [0, 0.05) is 23.2 Å². The number of ether oxygens (including phenoxy) is 3. The minimum atomic E-state index is -0.474. The number of nitrogens with one attached hydrogen (secondary N) is 1. The van der Waals surface area contributed by atoms with Crippen LogP contribution in [0.25, 0.3) is 11.0 Å². The van der Waals surface area contributed by atoms with Crippen LogP contribution in [-0.2, 0) is 14.2 Å². The van der Waals surface area contributed by atoms with Gasteiger partial charge in [-0.15, -0.1) is 24.8 Å². The molecule has 0 radical (unpaired) electrons. The first-order valence-electron chi connectivity index (χ1n) is 10.4. The van der Waals surface area contributed by atoms with Crippen LogP contribution in [0.4, 0.5) is 4.39 Å². The number of carbonyl (C=O) groups excluding carboxylic acids is 1. The summed E-state index contributed by atoms with van der Waals surface area (Å²) in [7, 11) is 0. The summed E-state index contributed by atoms with van der Waals surface area (Å²) >= 11 is 2.22. The highest BCUT2D eigenvalue weighted by atomic mass is 127. The van der Waals surface area contributed by atoms with E-state index in [9.17, 15) is 9.18 Å². The SMILES string of the molecule is CCN(CCNC(=O)c1cnc2cc(I)ccc2n1)CCOCCOCCOCCF.Cl.Cl. The standard InChI is InChI=1S/C21H30FIN4O4.2ClH/c1-2-27(8-10-30-12-14-31-13-11-29-9-5-22)7-6-24-21(28)20-16-25-19-15-17(23)3-4-18(19)26-20;;/h3-4,15-16H,2,5-14H2,1H3,(H,24,28);2*1H. The molecule has 0 spiro atoms. The van der Waals surface area contributed by atoms with E-state index in [1.807, 2.05) is 18.2 Å². The van der Waals surface area contributed by atoms with Crippen LogP contribution in [0, 0.1) is 3.57 Å². The van der Waals surface area contributed by atoms with Crippen molar-refractivity contribution < 1.29 is 23.4 Å². The van der Waals surface area contributed by atoms with Crippen LogP contribution in [0.2, 0.25) is 0 Å². The van der Waals surface area contributed by atoms with Gasteiger partial charge in [0.25, 0.3) is 5.91 Å². The van der Waals surface area contributed by atoms with Crippen molar-refractivity contribution >= 4 is 64.3 Å². The largest absolute Gasteiger partial charge is 0.378 e. The van der Waals surface area contributed by atoms with Gasteiger partial charge in [-0.1, -0.05) is 6.92 Å². The van der Waals surface area contributed by atoms with Crippen molar-refractivity contribution in [3.05, 3.63) is 33.7 Å². The molecule has 12 heteroatoms. The molecule has 1 amide bonds. The second kappa shape index (κ2) is 19.4. The first kappa shape index (κ1) is 32.1. The Kier molecular flexibility index (Phi) is 18.9. The Bertz CT molecular complexity index is 810. The number of nitrogens with zero attached hydrogens (tertiary/aromatic N) is 3. The molecule has 0 unspecified atom stereocenters. The molecule has 0 saturated carbocycles. The van der Waals surface area contributed by atoms with Crippen LogP contribution >= 0.6 is 47.4 Å². The average molecular weight is 621 g/mol. The zero-order valence-corrected chi connectivity index (χ0v) is 22.4. The van der Waals surface area contributed by atoms with Crippen molar-refractivity contribution in [2.24, 2.45) is 0 Å². The Labute approximate surface area is 220 Å². The van der Waals surface area contributed by atoms with Crippen molar-refractivity contribution in [3.63, 3.8) is 0 Å². The molecule has 1 heterocycles. The van der Waals surface area contributed by atoms with E-state index >= 15 is 0 Å². The Balaban J connectivity index is 0.00000512. The first-order chi connectivity index (χ1) is 15.1. The number of halogens is 4. The van der Waals surface area contributed by atoms with E-state index in [-0.39, 0.29) is 37.3 Å². The van der Waals surface area contributed by atoms with Gasteiger partial charge in [-0.25, -0.2) is 9.37 Å². The van der Waals surface area contributed by atoms with E-state index in [4.69, 9.17) is 14.2 Å². The quantitative estimate of drug-likeness (QED) is 0.228. The van der Waals surface area contributed by atoms with Gasteiger partial charge in [-0.3, -0.25) is 14.7 Å². The van der Waals surface area contributed by atoms with Crippen molar-refractivity contribution in [1.82, 2.24) is 20.2 Å². The van der Waals surface area contributed by atoms with Crippen molar-refractivity contribution in [1.29, 1.82) is 0 Å². The third kappa shape index (κ3) is 13.0. The highest BCUT2D eigenvalue weighted by Gasteiger charge is 2.10. The molecule has 0 atom stereocenters. The van der Waals surface area contributed by atoms with Gasteiger partial charge in [0.05, 0.1) is 56.9 Å². The van der Waals surface area contributed by atoms with E-state index in [1.165, 1.54) is 6.20 Å². The fraction of sp³-hybridized carbons (Fsp3) is 0.571. The molecule has 2 aromatic rings. The third-order valence-corrected chi connectivity index (χ3v) is 5.09. The zero-order valence-electron chi connectivity index (χ0n) is 18.6. The first-order valence-corrected chi connectivity index (χ1v) is 11.4. The third-order valence-electron chi connectivity index (χ3n) is 4.42. The smallest absolute Gasteiger partial charge is 0.271 e. The molecule has 0 aliphatic heterocycles. The molecule has 188 valence electrons. The Morgan fingerprint density at radius 3 is 2.36 bits per heavy atom. The second-order valence-electron chi connectivity index (χ2n) is 6.60. The van der Waals surface area contributed by atoms with Crippen molar-refractivity contribution in [2.45, 2.75) is 6.92 Å². The number of likely N-dealkylation sites (N-methyl/N-ethyl adjacent to an activating group) is 1. The summed E-state index contributed by atoms with van der Waals surface area (Å²) in [5.41, 5.74) is 1.79. The lowest BCUT2D eigenvalue weighted by molar-refractivity contribution is 0.00889. The maximum Gasteiger partial charge on any atom is 0.271 e. The van der Waals surface area contributed by atoms with Crippen LogP contribution in [0.3, 0.4) is 0 Å². The zero-order chi connectivity index (χ0) is 22.3. The van der Waals surface area contributed by atoms with Crippen LogP contribution in [-0.4, -0.2) is 93.3 Å². The van der Waals surface area contributed by atoms with Crippen LogP contribution < -0.4 is 5.32 Å². The number of carbonyl (C=O) groups is 1. The number of amides is 1. The summed E-state index contributed by atoms with van der Waals surface area (Å²) in [6.45, 7) is 6.94. The monoisotopic (exact) mass is 620 g/mol. The summed E-state index contributed by atoms with van der Waals surface area (Å²) in [6.07, 6.45) is 1.51. The predicted molar refractivity (Wildman–Crippen MR) is 140 cm³/mol. The van der Waals surface area contributed by atoms with Crippen LogP contribution in [0.15, 0.2) is 24.4 Å². The fourth-order valence-corrected chi connectivity index (χ4v) is 3.20. The number of benzene rings is 1. The molecule has 33 heavy (non-hydrogen) atoms. The van der Waals surface area contributed by atoms with E-state index in [0.717, 1.165) is 22.2 Å². The topological polar surface area (TPSA) is 85.8 Å². The van der Waals surface area contributed by atoms with Gasteiger partial charge in [0.2, 0.25) is 0 Å². The van der Waals surface area contributed by atoms with Gasteiger partial charge >= 0.3 is 0 Å². The lowest BCUT2D eigenvalue weighted by atomic mass is 10.3. The molecular weight excluding hydrogens is 589 g/mol. The van der Waals surface area contributed by atoms with Crippen molar-refractivity contribution in [3.8, 4) is 0 Å². The van der Waals surface area contributed by atoms with Gasteiger partial charge in [-0.2, -0.15) is 0 Å². The number of aromatic nitrogens is 2. The minimum absolute atomic E-state index is 0. The lowest BCUT2D eigenvalue weighted by Crippen LogP contribution is -2.37. The van der Waals surface area contributed by atoms with E-state index in [0.29, 0.717) is 57.3 Å². The van der Waals surface area contributed by atoms with Crippen LogP contribution in [0.5, 0.6) is 0 Å². The number of rotatable bonds is 16. The van der Waals surface area contributed by atoms with E-state index in [1.54, 1.807) is 0 Å². The molecule has 1 aromatic heterocycles. The number of alkyl halides is 1. The molecule has 0 fully saturated rings. The van der Waals surface area contributed by atoms with Gasteiger partial charge in [-0.05, 0) is 47.3 Å². The fourth-order valence-electron chi connectivity index (χ4n) is 2.73. The summed E-state index contributed by atoms with van der Waals surface area (Å²) in [6, 6.07) is 5.74. The molecule has 2 rings (SSSR count). The van der Waals surface area contributed by atoms with Crippen molar-refractivity contribution in [2.75, 3.05) is 72.5 Å². The van der Waals surface area contributed by atoms with E-state index in [2.05, 4.69) is 49.7 Å². The molecule has 8 nitrogen and oxygen atoms in total. The summed E-state index contributed by atoms with van der Waals surface area (Å²) in [5, 5.41) is 2.90. The molecule has 0 aliphatic carbocycles. The maximum atomic E-state index is 12.4. The molecule has 0 bridgehead atoms. The Morgan fingerprint density at radius 1 is 1.03 bits per heavy atom. The van der Waals surface area contributed by atoms with Gasteiger partial charge in [0.1, 0.15) is 12.4 Å². The van der Waals surface area contributed by atoms with Crippen LogP contribution in [0.1, 0.15) is 17.4 Å². The van der Waals surface area contributed by atoms with E-state index < -0.39 is 6.67 Å². The Morgan fingerprint density at radius 2 is 1.70 bits per heavy atom. The highest BCUT2D eigenvalue weighted by molar-refractivity contribution is 14.1. The predicted octanol–water partition coefficient (Wildman–Crippen LogP) is 3.15. The molecule has 1 aromatic carbocycles. The number of fused-ring (bicyclic) bond motifs is 1. The second-order valence-corrected chi connectivity index (χ2v) is 7.85. The lowest BCUT2D eigenvalue weighted by Gasteiger charge is -2.20. The van der Waals surface area contributed by atoms with Gasteiger partial charge < -0.3 is 19.5 Å².